The molecule has 134 valence electrons. The monoisotopic (exact) mass is 348 g/mol. The van der Waals surface area contributed by atoms with E-state index in [4.69, 9.17) is 6.42 Å². The molecule has 5 nitrogen and oxygen atoms in total. The summed E-state index contributed by atoms with van der Waals surface area (Å²) in [5.41, 5.74) is 2.72. The lowest BCUT2D eigenvalue weighted by Gasteiger charge is -2.12. The van der Waals surface area contributed by atoms with Gasteiger partial charge in [-0.1, -0.05) is 42.3 Å². The van der Waals surface area contributed by atoms with Crippen molar-refractivity contribution < 1.29 is 4.79 Å². The Bertz CT molecular complexity index is 778. The Labute approximate surface area is 154 Å². The van der Waals surface area contributed by atoms with E-state index in [1.807, 2.05) is 30.3 Å². The van der Waals surface area contributed by atoms with Crippen LogP contribution in [0, 0.1) is 12.3 Å². The lowest BCUT2D eigenvalue weighted by molar-refractivity contribution is -0.115. The summed E-state index contributed by atoms with van der Waals surface area (Å²) >= 11 is 0. The first-order valence-corrected chi connectivity index (χ1v) is 8.56. The highest BCUT2D eigenvalue weighted by molar-refractivity contribution is 5.95. The summed E-state index contributed by atoms with van der Waals surface area (Å²) in [6, 6.07) is 17.5. The van der Waals surface area contributed by atoms with Gasteiger partial charge in [0, 0.05) is 24.8 Å². The van der Waals surface area contributed by atoms with Crippen LogP contribution in [0.5, 0.6) is 0 Å². The molecule has 0 heterocycles. The Balaban J connectivity index is 1.69. The van der Waals surface area contributed by atoms with E-state index >= 15 is 0 Å². The Kier molecular flexibility index (Phi) is 7.75. The number of guanidine groups is 1. The minimum Gasteiger partial charge on any atom is -0.356 e. The maximum atomic E-state index is 12.0. The molecule has 0 fully saturated rings. The zero-order valence-electron chi connectivity index (χ0n) is 15.0. The molecule has 0 bridgehead atoms. The summed E-state index contributed by atoms with van der Waals surface area (Å²) in [6.07, 6.45) is 7.34. The van der Waals surface area contributed by atoms with Gasteiger partial charge in [0.25, 0.3) is 0 Å². The highest BCUT2D eigenvalue weighted by Gasteiger charge is 2.04. The number of carbonyl (C=O) groups is 1. The molecule has 0 aliphatic heterocycles. The minimum absolute atomic E-state index is 0.124. The standard InChI is InChI=1S/C21H24N4O/c1-3-17-11-7-13-19(15-17)25-20(26)16-24-21(22-2)23-14-8-12-18-9-5-4-6-10-18/h1,4-7,9-11,13,15H,8,12,14,16H2,2H3,(H,25,26)(H2,22,23,24). The van der Waals surface area contributed by atoms with E-state index < -0.39 is 0 Å². The molecule has 0 aliphatic carbocycles. The van der Waals surface area contributed by atoms with Gasteiger partial charge in [-0.2, -0.15) is 0 Å². The third-order valence-electron chi connectivity index (χ3n) is 3.73. The smallest absolute Gasteiger partial charge is 0.243 e. The van der Waals surface area contributed by atoms with Crippen molar-refractivity contribution >= 4 is 17.6 Å². The molecular formula is C21H24N4O. The number of amides is 1. The molecule has 0 unspecified atom stereocenters. The van der Waals surface area contributed by atoms with Crippen LogP contribution in [0.1, 0.15) is 17.5 Å². The molecule has 0 saturated carbocycles. The van der Waals surface area contributed by atoms with E-state index in [-0.39, 0.29) is 12.5 Å². The summed E-state index contributed by atoms with van der Waals surface area (Å²) in [5, 5.41) is 9.02. The van der Waals surface area contributed by atoms with Crippen LogP contribution in [-0.2, 0) is 11.2 Å². The number of aliphatic imine (C=N–C) groups is 1. The van der Waals surface area contributed by atoms with Crippen LogP contribution in [0.4, 0.5) is 5.69 Å². The van der Waals surface area contributed by atoms with Crippen molar-refractivity contribution in [2.45, 2.75) is 12.8 Å². The lowest BCUT2D eigenvalue weighted by atomic mass is 10.1. The predicted octanol–water partition coefficient (Wildman–Crippen LogP) is 2.40. The van der Waals surface area contributed by atoms with Crippen molar-refractivity contribution in [1.29, 1.82) is 0 Å². The molecular weight excluding hydrogens is 324 g/mol. The van der Waals surface area contributed by atoms with Crippen LogP contribution in [0.15, 0.2) is 59.6 Å². The van der Waals surface area contributed by atoms with Crippen molar-refractivity contribution in [3.63, 3.8) is 0 Å². The van der Waals surface area contributed by atoms with E-state index in [2.05, 4.69) is 39.0 Å². The molecule has 2 aromatic rings. The van der Waals surface area contributed by atoms with Gasteiger partial charge in [0.1, 0.15) is 0 Å². The largest absolute Gasteiger partial charge is 0.356 e. The number of terminal acetylenes is 1. The summed E-state index contributed by atoms with van der Waals surface area (Å²) in [6.45, 7) is 0.902. The number of carbonyl (C=O) groups excluding carboxylic acids is 1. The summed E-state index contributed by atoms with van der Waals surface area (Å²) in [7, 11) is 1.68. The number of hydrogen-bond donors (Lipinski definition) is 3. The van der Waals surface area contributed by atoms with Crippen molar-refractivity contribution in [2.75, 3.05) is 25.5 Å². The van der Waals surface area contributed by atoms with E-state index in [1.54, 1.807) is 19.2 Å². The molecule has 0 saturated heterocycles. The third kappa shape index (κ3) is 6.70. The van der Waals surface area contributed by atoms with Gasteiger partial charge < -0.3 is 16.0 Å². The first-order chi connectivity index (χ1) is 12.7. The number of hydrogen-bond acceptors (Lipinski definition) is 2. The predicted molar refractivity (Wildman–Crippen MR) is 107 cm³/mol. The van der Waals surface area contributed by atoms with Gasteiger partial charge in [-0.3, -0.25) is 9.79 Å². The second-order valence-corrected chi connectivity index (χ2v) is 5.72. The minimum atomic E-state index is -0.161. The van der Waals surface area contributed by atoms with Crippen molar-refractivity contribution in [1.82, 2.24) is 10.6 Å². The Morgan fingerprint density at radius 2 is 1.92 bits per heavy atom. The summed E-state index contributed by atoms with van der Waals surface area (Å²) < 4.78 is 0. The van der Waals surface area contributed by atoms with Gasteiger partial charge >= 0.3 is 0 Å². The second kappa shape index (κ2) is 10.6. The number of rotatable bonds is 7. The maximum Gasteiger partial charge on any atom is 0.243 e. The fourth-order valence-electron chi connectivity index (χ4n) is 2.42. The highest BCUT2D eigenvalue weighted by Crippen LogP contribution is 2.09. The quantitative estimate of drug-likeness (QED) is 0.312. The maximum absolute atomic E-state index is 12.0. The van der Waals surface area contributed by atoms with E-state index in [0.717, 1.165) is 24.9 Å². The number of nitrogens with one attached hydrogen (secondary N) is 3. The Morgan fingerprint density at radius 3 is 2.65 bits per heavy atom. The van der Waals surface area contributed by atoms with Gasteiger partial charge in [-0.05, 0) is 36.6 Å². The van der Waals surface area contributed by atoms with Crippen LogP contribution < -0.4 is 16.0 Å². The molecule has 1 amide bonds. The number of anilines is 1. The molecule has 5 heteroatoms. The third-order valence-corrected chi connectivity index (χ3v) is 3.73. The zero-order chi connectivity index (χ0) is 18.6. The van der Waals surface area contributed by atoms with Crippen LogP contribution in [-0.4, -0.2) is 32.0 Å². The molecule has 0 aromatic heterocycles. The molecule has 26 heavy (non-hydrogen) atoms. The molecule has 0 atom stereocenters. The van der Waals surface area contributed by atoms with Crippen LogP contribution in [0.25, 0.3) is 0 Å². The molecule has 2 aromatic carbocycles. The summed E-state index contributed by atoms with van der Waals surface area (Å²) in [5.74, 6) is 2.99. The van der Waals surface area contributed by atoms with Crippen molar-refractivity contribution in [3.8, 4) is 12.3 Å². The Morgan fingerprint density at radius 1 is 1.12 bits per heavy atom. The zero-order valence-corrected chi connectivity index (χ0v) is 15.0. The average molecular weight is 348 g/mol. The van der Waals surface area contributed by atoms with Gasteiger partial charge in [-0.25, -0.2) is 0 Å². The van der Waals surface area contributed by atoms with Crippen LogP contribution in [0.2, 0.25) is 0 Å². The normalized spacial score (nSPS) is 10.7. The van der Waals surface area contributed by atoms with Crippen LogP contribution in [0.3, 0.4) is 0 Å². The average Bonchev–Trinajstić information content (AvgIpc) is 2.68. The molecule has 0 aliphatic rings. The number of aryl methyl sites for hydroxylation is 1. The first kappa shape index (κ1) is 19.1. The fourth-order valence-corrected chi connectivity index (χ4v) is 2.42. The van der Waals surface area contributed by atoms with Gasteiger partial charge in [0.05, 0.1) is 6.54 Å². The molecule has 3 N–H and O–H groups in total. The van der Waals surface area contributed by atoms with Crippen molar-refractivity contribution in [2.24, 2.45) is 4.99 Å². The lowest BCUT2D eigenvalue weighted by Crippen LogP contribution is -2.41. The molecule has 2 rings (SSSR count). The first-order valence-electron chi connectivity index (χ1n) is 8.56. The topological polar surface area (TPSA) is 65.5 Å². The second-order valence-electron chi connectivity index (χ2n) is 5.72. The SMILES string of the molecule is C#Cc1cccc(NC(=O)CNC(=NC)NCCCc2ccccc2)c1. The fraction of sp³-hybridized carbons (Fsp3) is 0.238. The van der Waals surface area contributed by atoms with E-state index in [1.165, 1.54) is 5.56 Å². The molecule has 0 spiro atoms. The number of benzene rings is 2. The van der Waals surface area contributed by atoms with Gasteiger partial charge in [0.15, 0.2) is 5.96 Å². The highest BCUT2D eigenvalue weighted by atomic mass is 16.1. The van der Waals surface area contributed by atoms with E-state index in [9.17, 15) is 4.79 Å². The Hall–Kier alpha value is -3.26. The van der Waals surface area contributed by atoms with Crippen molar-refractivity contribution in [3.05, 3.63) is 65.7 Å². The van der Waals surface area contributed by atoms with E-state index in [0.29, 0.717) is 11.6 Å². The van der Waals surface area contributed by atoms with Crippen LogP contribution >= 0.6 is 0 Å². The summed E-state index contributed by atoms with van der Waals surface area (Å²) in [4.78, 5) is 16.2. The number of nitrogens with zero attached hydrogens (tertiary/aromatic N) is 1. The van der Waals surface area contributed by atoms with Gasteiger partial charge in [-0.15, -0.1) is 6.42 Å². The van der Waals surface area contributed by atoms with Gasteiger partial charge in [0.2, 0.25) is 5.91 Å². The molecule has 0 radical (unpaired) electrons.